The van der Waals surface area contributed by atoms with Gasteiger partial charge in [-0.25, -0.2) is 4.98 Å². The Bertz CT molecular complexity index is 1890. The van der Waals surface area contributed by atoms with Gasteiger partial charge in [0.15, 0.2) is 5.82 Å². The molecule has 0 fully saturated rings. The van der Waals surface area contributed by atoms with Crippen molar-refractivity contribution < 1.29 is 9.52 Å². The molecular formula is C30H23N7O2. The number of hydrogen-bond donors (Lipinski definition) is 4. The van der Waals surface area contributed by atoms with Gasteiger partial charge in [0.2, 0.25) is 0 Å². The summed E-state index contributed by atoms with van der Waals surface area (Å²) in [5.41, 5.74) is 8.48. The fourth-order valence-electron chi connectivity index (χ4n) is 4.79. The highest BCUT2D eigenvalue weighted by atomic mass is 16.3. The molecule has 0 bridgehead atoms. The van der Waals surface area contributed by atoms with Crippen LogP contribution in [-0.4, -0.2) is 41.5 Å². The summed E-state index contributed by atoms with van der Waals surface area (Å²) < 4.78 is 5.28. The molecule has 0 aliphatic heterocycles. The van der Waals surface area contributed by atoms with Gasteiger partial charge in [0.05, 0.1) is 52.9 Å². The summed E-state index contributed by atoms with van der Waals surface area (Å²) in [6.07, 6.45) is 8.29. The first-order valence-electron chi connectivity index (χ1n) is 12.5. The first-order chi connectivity index (χ1) is 19.2. The number of pyridine rings is 2. The van der Waals surface area contributed by atoms with Crippen molar-refractivity contribution in [3.63, 3.8) is 0 Å². The van der Waals surface area contributed by atoms with Crippen molar-refractivity contribution >= 4 is 27.6 Å². The Morgan fingerprint density at radius 3 is 2.72 bits per heavy atom. The maximum Gasteiger partial charge on any atom is 0.159 e. The maximum atomic E-state index is 10.6. The number of hydrogen-bond acceptors (Lipinski definition) is 7. The zero-order valence-corrected chi connectivity index (χ0v) is 20.7. The minimum atomic E-state index is -0.750. The summed E-state index contributed by atoms with van der Waals surface area (Å²) in [4.78, 5) is 17.3. The minimum absolute atomic E-state index is 0.480. The van der Waals surface area contributed by atoms with E-state index in [1.807, 2.05) is 66.7 Å². The molecule has 9 nitrogen and oxygen atoms in total. The van der Waals surface area contributed by atoms with E-state index in [0.717, 1.165) is 49.9 Å². The Morgan fingerprint density at radius 2 is 1.85 bits per heavy atom. The first-order valence-corrected chi connectivity index (χ1v) is 12.5. The number of benzene rings is 2. The van der Waals surface area contributed by atoms with Gasteiger partial charge < -0.3 is 19.8 Å². The Balaban J connectivity index is 1.21. The van der Waals surface area contributed by atoms with Crippen LogP contribution >= 0.6 is 0 Å². The predicted octanol–water partition coefficient (Wildman–Crippen LogP) is 5.80. The second-order valence-corrected chi connectivity index (χ2v) is 9.30. The van der Waals surface area contributed by atoms with Crippen LogP contribution in [0.2, 0.25) is 0 Å². The number of anilines is 1. The van der Waals surface area contributed by atoms with E-state index in [4.69, 9.17) is 9.40 Å². The van der Waals surface area contributed by atoms with Gasteiger partial charge in [-0.3, -0.25) is 15.1 Å². The van der Waals surface area contributed by atoms with E-state index in [9.17, 15) is 5.11 Å². The molecule has 7 aromatic rings. The number of fused-ring (bicyclic) bond motifs is 2. The smallest absolute Gasteiger partial charge is 0.159 e. The number of aromatic amines is 2. The van der Waals surface area contributed by atoms with E-state index in [1.54, 1.807) is 31.1 Å². The Hall–Kier alpha value is -5.28. The van der Waals surface area contributed by atoms with Crippen LogP contribution in [0.1, 0.15) is 5.56 Å². The van der Waals surface area contributed by atoms with Crippen LogP contribution in [-0.2, 0) is 6.42 Å². The van der Waals surface area contributed by atoms with E-state index < -0.39 is 6.23 Å². The van der Waals surface area contributed by atoms with Crippen molar-refractivity contribution in [1.29, 1.82) is 0 Å². The van der Waals surface area contributed by atoms with Gasteiger partial charge >= 0.3 is 0 Å². The highest BCUT2D eigenvalue weighted by Gasteiger charge is 2.17. The first kappa shape index (κ1) is 22.9. The van der Waals surface area contributed by atoms with Gasteiger partial charge in [0, 0.05) is 34.7 Å². The van der Waals surface area contributed by atoms with Crippen LogP contribution in [0.25, 0.3) is 55.8 Å². The molecule has 0 saturated carbocycles. The third-order valence-corrected chi connectivity index (χ3v) is 6.66. The van der Waals surface area contributed by atoms with Crippen LogP contribution in [0.5, 0.6) is 0 Å². The highest BCUT2D eigenvalue weighted by Crippen LogP contribution is 2.33. The molecule has 2 aromatic carbocycles. The van der Waals surface area contributed by atoms with E-state index in [0.29, 0.717) is 23.6 Å². The molecule has 190 valence electrons. The Kier molecular flexibility index (Phi) is 5.60. The molecule has 0 saturated heterocycles. The third-order valence-electron chi connectivity index (χ3n) is 6.66. The van der Waals surface area contributed by atoms with Gasteiger partial charge in [0.25, 0.3) is 0 Å². The van der Waals surface area contributed by atoms with Gasteiger partial charge in [-0.05, 0) is 29.8 Å². The molecular weight excluding hydrogens is 490 g/mol. The molecule has 0 aliphatic carbocycles. The van der Waals surface area contributed by atoms with E-state index in [2.05, 4.69) is 30.5 Å². The summed E-state index contributed by atoms with van der Waals surface area (Å²) >= 11 is 0. The number of aliphatic hydroxyl groups excluding tert-OH is 1. The van der Waals surface area contributed by atoms with Crippen molar-refractivity contribution in [3.8, 4) is 33.9 Å². The standard InChI is InChI=1S/C30H23N7O2/c38-27(11-18-5-2-1-3-6-18)33-21-12-20(14-31-15-21)25-13-23-26(16-32-25)36-37-29(23)30-34-24-8-4-7-22(28(24)35-30)19-9-10-39-17-19/h1-10,12-17,27,33,38H,11H2,(H,34,35)(H,36,37). The largest absolute Gasteiger partial charge is 0.472 e. The number of furan rings is 1. The monoisotopic (exact) mass is 513 g/mol. The molecule has 1 atom stereocenters. The van der Waals surface area contributed by atoms with Crippen molar-refractivity contribution in [1.82, 2.24) is 30.1 Å². The molecule has 0 amide bonds. The zero-order valence-electron chi connectivity index (χ0n) is 20.7. The normalized spacial score (nSPS) is 12.2. The van der Waals surface area contributed by atoms with Gasteiger partial charge in [0.1, 0.15) is 11.9 Å². The summed E-state index contributed by atoms with van der Waals surface area (Å²) in [6, 6.07) is 21.7. The number of para-hydroxylation sites is 1. The molecule has 7 rings (SSSR count). The van der Waals surface area contributed by atoms with Crippen molar-refractivity contribution in [2.24, 2.45) is 0 Å². The highest BCUT2D eigenvalue weighted by molar-refractivity contribution is 5.97. The van der Waals surface area contributed by atoms with E-state index in [-0.39, 0.29) is 0 Å². The molecule has 0 spiro atoms. The summed E-state index contributed by atoms with van der Waals surface area (Å²) in [5.74, 6) is 0.655. The lowest BCUT2D eigenvalue weighted by molar-refractivity contribution is 0.204. The molecule has 0 radical (unpaired) electrons. The van der Waals surface area contributed by atoms with Crippen molar-refractivity contribution in [3.05, 3.63) is 103 Å². The number of rotatable bonds is 7. The predicted molar refractivity (Wildman–Crippen MR) is 150 cm³/mol. The number of nitrogens with zero attached hydrogens (tertiary/aromatic N) is 4. The third kappa shape index (κ3) is 4.41. The van der Waals surface area contributed by atoms with Gasteiger partial charge in [-0.2, -0.15) is 5.10 Å². The quantitative estimate of drug-likeness (QED) is 0.198. The maximum absolute atomic E-state index is 10.6. The lowest BCUT2D eigenvalue weighted by Crippen LogP contribution is -2.21. The van der Waals surface area contributed by atoms with Gasteiger partial charge in [-0.1, -0.05) is 42.5 Å². The van der Waals surface area contributed by atoms with E-state index in [1.165, 1.54) is 0 Å². The molecule has 5 heterocycles. The molecule has 5 aromatic heterocycles. The average molecular weight is 514 g/mol. The molecule has 39 heavy (non-hydrogen) atoms. The number of imidazole rings is 1. The summed E-state index contributed by atoms with van der Waals surface area (Å²) in [5, 5.41) is 22.2. The topological polar surface area (TPSA) is 129 Å². The number of aromatic nitrogens is 6. The van der Waals surface area contributed by atoms with Crippen LogP contribution in [0, 0.1) is 0 Å². The second kappa shape index (κ2) is 9.55. The second-order valence-electron chi connectivity index (χ2n) is 9.30. The number of aliphatic hydroxyl groups is 1. The lowest BCUT2D eigenvalue weighted by Gasteiger charge is -2.14. The molecule has 4 N–H and O–H groups in total. The number of nitrogens with one attached hydrogen (secondary N) is 3. The molecule has 1 unspecified atom stereocenters. The fourth-order valence-corrected chi connectivity index (χ4v) is 4.79. The van der Waals surface area contributed by atoms with E-state index >= 15 is 0 Å². The molecule has 9 heteroatoms. The fraction of sp³-hybridized carbons (Fsp3) is 0.0667. The van der Waals surface area contributed by atoms with Crippen LogP contribution in [0.4, 0.5) is 5.69 Å². The van der Waals surface area contributed by atoms with Gasteiger partial charge in [-0.15, -0.1) is 0 Å². The van der Waals surface area contributed by atoms with Crippen molar-refractivity contribution in [2.75, 3.05) is 5.32 Å². The van der Waals surface area contributed by atoms with Crippen molar-refractivity contribution in [2.45, 2.75) is 12.6 Å². The molecule has 0 aliphatic rings. The van der Waals surface area contributed by atoms with Crippen LogP contribution < -0.4 is 5.32 Å². The number of H-pyrrole nitrogens is 2. The van der Waals surface area contributed by atoms with Crippen LogP contribution in [0.15, 0.2) is 102 Å². The lowest BCUT2D eigenvalue weighted by atomic mass is 10.1. The Morgan fingerprint density at radius 1 is 0.923 bits per heavy atom. The zero-order chi connectivity index (χ0) is 26.2. The average Bonchev–Trinajstić information content (AvgIpc) is 3.73. The minimum Gasteiger partial charge on any atom is -0.472 e. The summed E-state index contributed by atoms with van der Waals surface area (Å²) in [7, 11) is 0. The Labute approximate surface area is 222 Å². The summed E-state index contributed by atoms with van der Waals surface area (Å²) in [6.45, 7) is 0. The van der Waals surface area contributed by atoms with Crippen LogP contribution in [0.3, 0.4) is 0 Å². The SMILES string of the molecule is OC(Cc1ccccc1)Nc1cncc(-c2cc3c(-c4nc5c(-c6ccoc6)cccc5[nH]4)n[nH]c3cn2)c1.